The summed E-state index contributed by atoms with van der Waals surface area (Å²) in [7, 11) is 0. The third-order valence-electron chi connectivity index (χ3n) is 10.9. The van der Waals surface area contributed by atoms with Crippen molar-refractivity contribution in [3.63, 3.8) is 0 Å². The Labute approximate surface area is 274 Å². The summed E-state index contributed by atoms with van der Waals surface area (Å²) in [5.74, 6) is 0. The first-order valence-corrected chi connectivity index (χ1v) is 16.6. The molecule has 0 heterocycles. The van der Waals surface area contributed by atoms with Gasteiger partial charge in [0.2, 0.25) is 0 Å². The molecule has 0 heteroatoms. The molecule has 10 rings (SSSR count). The van der Waals surface area contributed by atoms with Crippen LogP contribution in [0.25, 0.3) is 87.6 Å². The van der Waals surface area contributed by atoms with Crippen molar-refractivity contribution in [3.05, 3.63) is 169 Å². The van der Waals surface area contributed by atoms with Gasteiger partial charge in [0.25, 0.3) is 0 Å². The summed E-state index contributed by atoms with van der Waals surface area (Å²) < 4.78 is 0. The van der Waals surface area contributed by atoms with E-state index >= 15 is 0 Å². The Kier molecular flexibility index (Phi) is 5.44. The molecule has 0 spiro atoms. The average molecular weight is 597 g/mol. The molecule has 0 bridgehead atoms. The van der Waals surface area contributed by atoms with Gasteiger partial charge < -0.3 is 0 Å². The van der Waals surface area contributed by atoms with E-state index in [0.29, 0.717) is 0 Å². The average Bonchev–Trinajstić information content (AvgIpc) is 3.36. The van der Waals surface area contributed by atoms with Crippen molar-refractivity contribution >= 4 is 43.1 Å². The maximum atomic E-state index is 2.45. The van der Waals surface area contributed by atoms with Crippen LogP contribution in [0.3, 0.4) is 0 Å². The molecule has 0 saturated heterocycles. The zero-order chi connectivity index (χ0) is 31.3. The van der Waals surface area contributed by atoms with Crippen molar-refractivity contribution in [2.45, 2.75) is 19.3 Å². The first-order chi connectivity index (χ1) is 23.1. The van der Waals surface area contributed by atoms with Gasteiger partial charge in [0.1, 0.15) is 0 Å². The number of fused-ring (bicyclic) bond motifs is 4. The van der Waals surface area contributed by atoms with Gasteiger partial charge in [-0.1, -0.05) is 166 Å². The van der Waals surface area contributed by atoms with Gasteiger partial charge >= 0.3 is 0 Å². The van der Waals surface area contributed by atoms with Crippen LogP contribution in [0.1, 0.15) is 25.0 Å². The maximum absolute atomic E-state index is 2.45. The van der Waals surface area contributed by atoms with E-state index in [9.17, 15) is 0 Å². The second kappa shape index (κ2) is 9.64. The number of rotatable bonds is 3. The molecule has 0 aliphatic heterocycles. The van der Waals surface area contributed by atoms with Gasteiger partial charge in [0.15, 0.2) is 0 Å². The Bertz CT molecular complexity index is 2680. The Morgan fingerprint density at radius 1 is 0.319 bits per heavy atom. The molecule has 0 N–H and O–H groups in total. The molecule has 0 radical (unpaired) electrons. The lowest BCUT2D eigenvalue weighted by Crippen LogP contribution is -2.14. The van der Waals surface area contributed by atoms with Gasteiger partial charge in [-0.05, 0) is 105 Å². The molecular weight excluding hydrogens is 565 g/mol. The quantitative estimate of drug-likeness (QED) is 0.178. The summed E-state index contributed by atoms with van der Waals surface area (Å²) in [6.45, 7) is 4.73. The molecular formula is C47H32. The van der Waals surface area contributed by atoms with Crippen molar-refractivity contribution in [2.24, 2.45) is 0 Å². The maximum Gasteiger partial charge on any atom is 0.0159 e. The fourth-order valence-corrected chi connectivity index (χ4v) is 8.48. The molecule has 220 valence electrons. The summed E-state index contributed by atoms with van der Waals surface area (Å²) in [6, 6.07) is 58.9. The Morgan fingerprint density at radius 3 is 1.53 bits per heavy atom. The van der Waals surface area contributed by atoms with Crippen LogP contribution in [0.2, 0.25) is 0 Å². The fraction of sp³-hybridized carbons (Fsp3) is 0.0638. The van der Waals surface area contributed by atoms with Crippen molar-refractivity contribution in [2.75, 3.05) is 0 Å². The minimum Gasteiger partial charge on any atom is -0.0619 e. The summed E-state index contributed by atoms with van der Waals surface area (Å²) in [5, 5.41) is 10.5. The lowest BCUT2D eigenvalue weighted by molar-refractivity contribution is 0.660. The van der Waals surface area contributed by atoms with Gasteiger partial charge in [-0.25, -0.2) is 0 Å². The van der Waals surface area contributed by atoms with Crippen LogP contribution in [0, 0.1) is 0 Å². The molecule has 9 aromatic rings. The van der Waals surface area contributed by atoms with E-state index in [2.05, 4.69) is 172 Å². The predicted octanol–water partition coefficient (Wildman–Crippen LogP) is 13.0. The van der Waals surface area contributed by atoms with Crippen LogP contribution in [-0.4, -0.2) is 0 Å². The van der Waals surface area contributed by atoms with Gasteiger partial charge in [0.05, 0.1) is 0 Å². The van der Waals surface area contributed by atoms with Crippen molar-refractivity contribution < 1.29 is 0 Å². The molecule has 0 fully saturated rings. The Morgan fingerprint density at radius 2 is 0.809 bits per heavy atom. The molecule has 1 aliphatic rings. The molecule has 0 atom stereocenters. The first-order valence-electron chi connectivity index (χ1n) is 16.6. The second-order valence-electron chi connectivity index (χ2n) is 13.7. The zero-order valence-electron chi connectivity index (χ0n) is 26.5. The van der Waals surface area contributed by atoms with Gasteiger partial charge in [-0.3, -0.25) is 0 Å². The molecule has 9 aromatic carbocycles. The third kappa shape index (κ3) is 3.76. The minimum absolute atomic E-state index is 0.0240. The van der Waals surface area contributed by atoms with Crippen molar-refractivity contribution in [1.29, 1.82) is 0 Å². The van der Waals surface area contributed by atoms with Gasteiger partial charge in [-0.2, -0.15) is 0 Å². The second-order valence-corrected chi connectivity index (χ2v) is 13.7. The molecule has 47 heavy (non-hydrogen) atoms. The summed E-state index contributed by atoms with van der Waals surface area (Å²) in [5.41, 5.74) is 13.2. The highest BCUT2D eigenvalue weighted by molar-refractivity contribution is 6.27. The first kappa shape index (κ1) is 26.5. The van der Waals surface area contributed by atoms with E-state index in [1.165, 1.54) is 98.7 Å². The van der Waals surface area contributed by atoms with Gasteiger partial charge in [-0.15, -0.1) is 0 Å². The number of hydrogen-bond acceptors (Lipinski definition) is 0. The largest absolute Gasteiger partial charge is 0.0619 e. The van der Waals surface area contributed by atoms with Crippen molar-refractivity contribution in [1.82, 2.24) is 0 Å². The normalized spacial score (nSPS) is 13.5. The molecule has 0 aromatic heterocycles. The Balaban J connectivity index is 1.12. The van der Waals surface area contributed by atoms with E-state index < -0.39 is 0 Å². The van der Waals surface area contributed by atoms with Crippen LogP contribution in [0.4, 0.5) is 0 Å². The third-order valence-corrected chi connectivity index (χ3v) is 10.9. The topological polar surface area (TPSA) is 0 Å². The summed E-state index contributed by atoms with van der Waals surface area (Å²) >= 11 is 0. The minimum atomic E-state index is -0.0240. The number of benzene rings is 9. The van der Waals surface area contributed by atoms with Crippen LogP contribution < -0.4 is 0 Å². The van der Waals surface area contributed by atoms with Crippen LogP contribution in [0.5, 0.6) is 0 Å². The van der Waals surface area contributed by atoms with E-state index in [4.69, 9.17) is 0 Å². The van der Waals surface area contributed by atoms with E-state index in [0.717, 1.165) is 0 Å². The zero-order valence-corrected chi connectivity index (χ0v) is 26.5. The molecule has 0 unspecified atom stereocenters. The predicted molar refractivity (Wildman–Crippen MR) is 202 cm³/mol. The molecule has 0 nitrogen and oxygen atoms in total. The highest BCUT2D eigenvalue weighted by Gasteiger charge is 2.35. The van der Waals surface area contributed by atoms with Crippen molar-refractivity contribution in [3.8, 4) is 44.5 Å². The fourth-order valence-electron chi connectivity index (χ4n) is 8.48. The smallest absolute Gasteiger partial charge is 0.0159 e. The monoisotopic (exact) mass is 596 g/mol. The highest BCUT2D eigenvalue weighted by Crippen LogP contribution is 2.50. The van der Waals surface area contributed by atoms with Crippen LogP contribution >= 0.6 is 0 Å². The SMILES string of the molecule is CC1(C)c2ccccc2-c2ccc(-c3ccc4ccc5c(-c6ccc(-c7cccc8ccccc78)cc6)ccc6ccc3c4c65)cc21. The molecule has 1 aliphatic carbocycles. The number of hydrogen-bond donors (Lipinski definition) is 0. The Hall–Kier alpha value is -5.72. The van der Waals surface area contributed by atoms with Crippen LogP contribution in [-0.2, 0) is 5.41 Å². The summed E-state index contributed by atoms with van der Waals surface area (Å²) in [4.78, 5) is 0. The highest BCUT2D eigenvalue weighted by atomic mass is 14.4. The lowest BCUT2D eigenvalue weighted by Gasteiger charge is -2.22. The van der Waals surface area contributed by atoms with E-state index in [-0.39, 0.29) is 5.41 Å². The van der Waals surface area contributed by atoms with Crippen LogP contribution in [0.15, 0.2) is 158 Å². The lowest BCUT2D eigenvalue weighted by atomic mass is 9.81. The molecule has 0 saturated carbocycles. The van der Waals surface area contributed by atoms with E-state index in [1.807, 2.05) is 0 Å². The standard InChI is InChI=1S/C47H32/c1-47(2)43-13-6-5-11-39(43)40-25-22-34(28-44(40)47)38-24-19-33-20-26-41-37(23-18-32-21-27-42(38)46(33)45(32)41)31-16-14-30(15-17-31)36-12-7-9-29-8-3-4-10-35(29)36/h3-28H,1-2H3. The van der Waals surface area contributed by atoms with Gasteiger partial charge in [0, 0.05) is 5.41 Å². The van der Waals surface area contributed by atoms with E-state index in [1.54, 1.807) is 0 Å². The summed E-state index contributed by atoms with van der Waals surface area (Å²) in [6.07, 6.45) is 0. The molecule has 0 amide bonds.